The van der Waals surface area contributed by atoms with Crippen molar-refractivity contribution in [2.24, 2.45) is 0 Å². The quantitative estimate of drug-likeness (QED) is 0.628. The molecular weight excluding hydrogens is 300 g/mol. The summed E-state index contributed by atoms with van der Waals surface area (Å²) in [6.45, 7) is 10.7. The largest absolute Gasteiger partial charge is 0.449 e. The van der Waals surface area contributed by atoms with E-state index in [9.17, 15) is 0 Å². The first-order valence-electron chi connectivity index (χ1n) is 8.03. The molecule has 0 aliphatic carbocycles. The Labute approximate surface area is 142 Å². The summed E-state index contributed by atoms with van der Waals surface area (Å²) in [5.41, 5.74) is 3.60. The monoisotopic (exact) mass is 328 g/mol. The van der Waals surface area contributed by atoms with Gasteiger partial charge in [0.05, 0.1) is 0 Å². The van der Waals surface area contributed by atoms with Crippen molar-refractivity contribution >= 4 is 16.4 Å². The van der Waals surface area contributed by atoms with Gasteiger partial charge in [-0.1, -0.05) is 80.1 Å². The van der Waals surface area contributed by atoms with E-state index < -0.39 is 10.3 Å². The number of rotatable bonds is 6. The van der Waals surface area contributed by atoms with Crippen LogP contribution < -0.4 is 4.18 Å². The smallest absolute Gasteiger partial charge is 0.142 e. The van der Waals surface area contributed by atoms with Gasteiger partial charge in [0.1, 0.15) is 5.75 Å². The van der Waals surface area contributed by atoms with Gasteiger partial charge in [0, 0.05) is 16.7 Å². The molecule has 0 aliphatic rings. The van der Waals surface area contributed by atoms with Crippen molar-refractivity contribution in [2.45, 2.75) is 26.2 Å². The summed E-state index contributed by atoms with van der Waals surface area (Å²) < 4.78 is 6.26. The van der Waals surface area contributed by atoms with E-state index in [1.54, 1.807) is 0 Å². The van der Waals surface area contributed by atoms with E-state index in [1.807, 2.05) is 6.08 Å². The van der Waals surface area contributed by atoms with Gasteiger partial charge >= 0.3 is 0 Å². The Hall–Kier alpha value is -1.67. The molecule has 0 atom stereocenters. The molecule has 1 nitrogen and oxygen atoms in total. The van der Waals surface area contributed by atoms with Crippen LogP contribution in [-0.2, 0) is 5.41 Å². The first kappa shape index (κ1) is 17.7. The maximum absolute atomic E-state index is 6.26. The molecule has 2 rings (SSSR count). The van der Waals surface area contributed by atoms with Crippen molar-refractivity contribution < 1.29 is 4.18 Å². The predicted molar refractivity (Wildman–Crippen MR) is 106 cm³/mol. The minimum atomic E-state index is -1.05. The predicted octanol–water partition coefficient (Wildman–Crippen LogP) is 6.03. The van der Waals surface area contributed by atoms with Gasteiger partial charge in [0.25, 0.3) is 0 Å². The lowest BCUT2D eigenvalue weighted by Gasteiger charge is -2.32. The van der Waals surface area contributed by atoms with Gasteiger partial charge in [-0.25, -0.2) is 0 Å². The first-order chi connectivity index (χ1) is 10.8. The van der Waals surface area contributed by atoms with Crippen LogP contribution in [0.3, 0.4) is 0 Å². The molecule has 23 heavy (non-hydrogen) atoms. The molecule has 124 valence electrons. The van der Waals surface area contributed by atoms with E-state index in [2.05, 4.69) is 88.4 Å². The lowest BCUT2D eigenvalue weighted by Crippen LogP contribution is -2.19. The van der Waals surface area contributed by atoms with Gasteiger partial charge in [-0.05, 0) is 35.8 Å². The van der Waals surface area contributed by atoms with Crippen molar-refractivity contribution in [1.29, 1.82) is 0 Å². The van der Waals surface area contributed by atoms with Crippen molar-refractivity contribution in [2.75, 3.05) is 18.3 Å². The molecule has 2 heteroatoms. The van der Waals surface area contributed by atoms with Gasteiger partial charge < -0.3 is 4.18 Å². The molecule has 2 aromatic carbocycles. The molecule has 0 unspecified atom stereocenters. The highest BCUT2D eigenvalue weighted by Crippen LogP contribution is 2.43. The maximum atomic E-state index is 6.26. The van der Waals surface area contributed by atoms with Crippen molar-refractivity contribution in [1.82, 2.24) is 0 Å². The molecule has 2 aromatic rings. The normalized spacial score (nSPS) is 12.7. The van der Waals surface area contributed by atoms with Crippen LogP contribution >= 0.6 is 10.3 Å². The maximum Gasteiger partial charge on any atom is 0.142 e. The van der Waals surface area contributed by atoms with Crippen molar-refractivity contribution in [3.8, 4) is 5.75 Å². The van der Waals surface area contributed by atoms with Gasteiger partial charge in [0.2, 0.25) is 0 Å². The Morgan fingerprint density at radius 3 is 2.26 bits per heavy atom. The second-order valence-corrected chi connectivity index (χ2v) is 10.4. The SMILES string of the molecule is C=Cc1cc(C(C)(C)c2ccccc2)ccc1OS(C)(C)CC. The number of hydrogen-bond donors (Lipinski definition) is 0. The van der Waals surface area contributed by atoms with E-state index in [0.29, 0.717) is 0 Å². The molecule has 0 amide bonds. The summed E-state index contributed by atoms with van der Waals surface area (Å²) >= 11 is 0. The topological polar surface area (TPSA) is 9.23 Å². The fraction of sp³-hybridized carbons (Fsp3) is 0.333. The molecule has 0 N–H and O–H groups in total. The highest BCUT2D eigenvalue weighted by molar-refractivity contribution is 8.29. The van der Waals surface area contributed by atoms with Gasteiger partial charge in [-0.2, -0.15) is 0 Å². The van der Waals surface area contributed by atoms with Gasteiger partial charge in [0.15, 0.2) is 0 Å². The van der Waals surface area contributed by atoms with Crippen LogP contribution in [0, 0.1) is 0 Å². The van der Waals surface area contributed by atoms with E-state index >= 15 is 0 Å². The summed E-state index contributed by atoms with van der Waals surface area (Å²) in [5.74, 6) is 1.98. The van der Waals surface area contributed by atoms with Crippen molar-refractivity contribution in [3.63, 3.8) is 0 Å². The lowest BCUT2D eigenvalue weighted by atomic mass is 9.77. The second-order valence-electron chi connectivity index (χ2n) is 6.76. The third-order valence-corrected chi connectivity index (χ3v) is 6.48. The number of hydrogen-bond acceptors (Lipinski definition) is 1. The van der Waals surface area contributed by atoms with Crippen LogP contribution in [0.4, 0.5) is 0 Å². The first-order valence-corrected chi connectivity index (χ1v) is 10.6. The molecule has 0 aromatic heterocycles. The highest BCUT2D eigenvalue weighted by atomic mass is 32.3. The Morgan fingerprint density at radius 2 is 1.70 bits per heavy atom. The summed E-state index contributed by atoms with van der Waals surface area (Å²) in [4.78, 5) is 0. The zero-order valence-corrected chi connectivity index (χ0v) is 15.7. The van der Waals surface area contributed by atoms with E-state index in [4.69, 9.17) is 4.18 Å². The second kappa shape index (κ2) is 6.84. The minimum Gasteiger partial charge on any atom is -0.449 e. The summed E-state index contributed by atoms with van der Waals surface area (Å²) in [6.07, 6.45) is 6.29. The van der Waals surface area contributed by atoms with Gasteiger partial charge in [-0.15, -0.1) is 0 Å². The van der Waals surface area contributed by atoms with Crippen molar-refractivity contribution in [3.05, 3.63) is 71.8 Å². The molecule has 0 spiro atoms. The zero-order valence-electron chi connectivity index (χ0n) is 14.9. The zero-order chi connectivity index (χ0) is 17.1. The molecule has 0 radical (unpaired) electrons. The Bertz CT molecular complexity index is 671. The van der Waals surface area contributed by atoms with Crippen LogP contribution in [0.25, 0.3) is 6.08 Å². The van der Waals surface area contributed by atoms with Crippen LogP contribution in [0.1, 0.15) is 37.5 Å². The summed E-state index contributed by atoms with van der Waals surface area (Å²) in [7, 11) is -1.05. The van der Waals surface area contributed by atoms with Crippen LogP contribution in [0.5, 0.6) is 5.75 Å². The van der Waals surface area contributed by atoms with Crippen LogP contribution in [0.15, 0.2) is 55.1 Å². The number of benzene rings is 2. The fourth-order valence-electron chi connectivity index (χ4n) is 2.50. The molecule has 0 saturated carbocycles. The van der Waals surface area contributed by atoms with E-state index in [1.165, 1.54) is 11.1 Å². The third-order valence-electron chi connectivity index (χ3n) is 4.46. The van der Waals surface area contributed by atoms with Crippen LogP contribution in [-0.4, -0.2) is 18.3 Å². The molecule has 0 saturated heterocycles. The highest BCUT2D eigenvalue weighted by Gasteiger charge is 2.24. The van der Waals surface area contributed by atoms with Crippen LogP contribution in [0.2, 0.25) is 0 Å². The average molecular weight is 329 g/mol. The Balaban J connectivity index is 2.41. The van der Waals surface area contributed by atoms with Gasteiger partial charge in [-0.3, -0.25) is 0 Å². The third kappa shape index (κ3) is 4.00. The Morgan fingerprint density at radius 1 is 1.04 bits per heavy atom. The Kier molecular flexibility index (Phi) is 5.26. The minimum absolute atomic E-state index is 0.0509. The fourth-order valence-corrected chi connectivity index (χ4v) is 3.25. The summed E-state index contributed by atoms with van der Waals surface area (Å²) in [5, 5.41) is 0. The average Bonchev–Trinajstić information content (AvgIpc) is 2.55. The standard InChI is InChI=1S/C21H28OS/c1-7-17-16-19(14-15-20(17)22-23(5,6)8-2)21(3,4)18-12-10-9-11-13-18/h7,9-16H,1,8H2,2-6H3. The lowest BCUT2D eigenvalue weighted by molar-refractivity contribution is 0.614. The summed E-state index contributed by atoms with van der Waals surface area (Å²) in [6, 6.07) is 17.1. The van der Waals surface area contributed by atoms with E-state index in [-0.39, 0.29) is 5.41 Å². The molecule has 0 heterocycles. The van der Waals surface area contributed by atoms with E-state index in [0.717, 1.165) is 17.1 Å². The molecule has 0 aliphatic heterocycles. The molecule has 0 fully saturated rings. The molecular formula is C21H28OS. The molecule has 0 bridgehead atoms.